The number of rotatable bonds is 10. The van der Waals surface area contributed by atoms with Crippen molar-refractivity contribution in [1.29, 1.82) is 0 Å². The van der Waals surface area contributed by atoms with E-state index < -0.39 is 0 Å². The van der Waals surface area contributed by atoms with Crippen molar-refractivity contribution in [2.75, 3.05) is 0 Å². The van der Waals surface area contributed by atoms with Crippen molar-refractivity contribution in [3.8, 4) is 0 Å². The Morgan fingerprint density at radius 1 is 0.906 bits per heavy atom. The number of hydrogen-bond donors (Lipinski definition) is 0. The van der Waals surface area contributed by atoms with Gasteiger partial charge in [-0.3, -0.25) is 0 Å². The molecule has 3 atom stereocenters. The smallest absolute Gasteiger partial charge is 0.00185 e. The molecule has 1 aromatic rings. The van der Waals surface area contributed by atoms with Crippen molar-refractivity contribution in [1.82, 2.24) is 0 Å². The zero-order valence-electron chi connectivity index (χ0n) is 22.3. The van der Waals surface area contributed by atoms with Crippen molar-refractivity contribution in [2.24, 2.45) is 17.8 Å². The van der Waals surface area contributed by atoms with Gasteiger partial charge in [0.25, 0.3) is 0 Å². The largest absolute Gasteiger partial charge is 0.0851 e. The maximum Gasteiger partial charge on any atom is 0.00185 e. The van der Waals surface area contributed by atoms with Gasteiger partial charge in [-0.1, -0.05) is 113 Å². The molecular formula is C32H50. The molecular weight excluding hydrogens is 384 g/mol. The molecule has 1 aromatic carbocycles. The summed E-state index contributed by atoms with van der Waals surface area (Å²) < 4.78 is 0. The number of aryl methyl sites for hydroxylation is 1. The van der Waals surface area contributed by atoms with E-state index in [2.05, 4.69) is 102 Å². The molecule has 0 spiro atoms. The fourth-order valence-corrected chi connectivity index (χ4v) is 3.97. The Morgan fingerprint density at radius 3 is 2.16 bits per heavy atom. The summed E-state index contributed by atoms with van der Waals surface area (Å²) in [6.45, 7) is 17.5. The highest BCUT2D eigenvalue weighted by Crippen LogP contribution is 2.31. The third kappa shape index (κ3) is 11.7. The van der Waals surface area contributed by atoms with Gasteiger partial charge in [-0.05, 0) is 81.8 Å². The van der Waals surface area contributed by atoms with Crippen molar-refractivity contribution < 1.29 is 0 Å². The number of benzene rings is 1. The maximum atomic E-state index is 2.45. The van der Waals surface area contributed by atoms with Crippen LogP contribution in [0.4, 0.5) is 0 Å². The van der Waals surface area contributed by atoms with Crippen LogP contribution in [0.1, 0.15) is 105 Å². The Kier molecular flexibility index (Phi) is 14.0. The summed E-state index contributed by atoms with van der Waals surface area (Å²) >= 11 is 0. The lowest BCUT2D eigenvalue weighted by Gasteiger charge is -2.22. The van der Waals surface area contributed by atoms with Crippen LogP contribution in [0.3, 0.4) is 0 Å². The van der Waals surface area contributed by atoms with Crippen molar-refractivity contribution >= 4 is 0 Å². The van der Waals surface area contributed by atoms with Crippen LogP contribution in [0.5, 0.6) is 0 Å². The molecule has 0 heterocycles. The second kappa shape index (κ2) is 15.9. The van der Waals surface area contributed by atoms with Crippen LogP contribution in [-0.2, 0) is 6.42 Å². The van der Waals surface area contributed by atoms with E-state index in [0.29, 0.717) is 17.8 Å². The van der Waals surface area contributed by atoms with E-state index in [1.165, 1.54) is 48.0 Å². The SMILES string of the molecule is CC.CC(C)=C/C=C(\C)CCc1ccc(C2C=CC(/C=C/C(C)CCC(C)C)CC2)cc1. The third-order valence-electron chi connectivity index (χ3n) is 6.20. The number of hydrogen-bond acceptors (Lipinski definition) is 0. The van der Waals surface area contributed by atoms with Crippen LogP contribution in [0.15, 0.2) is 71.9 Å². The summed E-state index contributed by atoms with van der Waals surface area (Å²) in [5.41, 5.74) is 5.73. The summed E-state index contributed by atoms with van der Waals surface area (Å²) in [7, 11) is 0. The first-order valence-electron chi connectivity index (χ1n) is 13.1. The Morgan fingerprint density at radius 2 is 1.59 bits per heavy atom. The van der Waals surface area contributed by atoms with Gasteiger partial charge in [0.05, 0.1) is 0 Å². The molecule has 0 nitrogen and oxygen atoms in total. The summed E-state index contributed by atoms with van der Waals surface area (Å²) in [6, 6.07) is 9.37. The summed E-state index contributed by atoms with van der Waals surface area (Å²) in [5.74, 6) is 2.72. The Balaban J connectivity index is 0.00000249. The highest BCUT2D eigenvalue weighted by molar-refractivity contribution is 5.30. The molecule has 1 aliphatic carbocycles. The van der Waals surface area contributed by atoms with Gasteiger partial charge >= 0.3 is 0 Å². The summed E-state index contributed by atoms with van der Waals surface area (Å²) in [5, 5.41) is 0. The lowest BCUT2D eigenvalue weighted by molar-refractivity contribution is 0.499. The monoisotopic (exact) mass is 434 g/mol. The second-order valence-corrected chi connectivity index (χ2v) is 10.1. The zero-order chi connectivity index (χ0) is 23.9. The molecule has 0 radical (unpaired) electrons. The summed E-state index contributed by atoms with van der Waals surface area (Å²) in [6.07, 6.45) is 21.7. The molecule has 1 aliphatic rings. The highest BCUT2D eigenvalue weighted by atomic mass is 14.2. The van der Waals surface area contributed by atoms with E-state index in [4.69, 9.17) is 0 Å². The molecule has 0 amide bonds. The van der Waals surface area contributed by atoms with Gasteiger partial charge < -0.3 is 0 Å². The van der Waals surface area contributed by atoms with Crippen molar-refractivity contribution in [2.45, 2.75) is 99.8 Å². The normalized spacial score (nSPS) is 19.6. The number of allylic oxidation sites excluding steroid dienone is 8. The molecule has 0 fully saturated rings. The minimum atomic E-state index is 0.585. The van der Waals surface area contributed by atoms with Crippen LogP contribution in [0.2, 0.25) is 0 Å². The molecule has 32 heavy (non-hydrogen) atoms. The molecule has 0 bridgehead atoms. The van der Waals surface area contributed by atoms with Crippen LogP contribution >= 0.6 is 0 Å². The van der Waals surface area contributed by atoms with Gasteiger partial charge in [0.1, 0.15) is 0 Å². The first-order chi connectivity index (χ1) is 15.3. The predicted molar refractivity (Wildman–Crippen MR) is 146 cm³/mol. The van der Waals surface area contributed by atoms with E-state index in [-0.39, 0.29) is 0 Å². The minimum Gasteiger partial charge on any atom is -0.0851 e. The molecule has 178 valence electrons. The molecule has 0 saturated carbocycles. The zero-order valence-corrected chi connectivity index (χ0v) is 22.3. The molecule has 0 aliphatic heterocycles. The maximum absolute atomic E-state index is 2.45. The van der Waals surface area contributed by atoms with E-state index in [1.54, 1.807) is 0 Å². The highest BCUT2D eigenvalue weighted by Gasteiger charge is 2.15. The standard InChI is InChI=1S/C30H44.C2H6/c1-23(2)7-9-25(5)11-13-27-15-19-29(20-16-27)30-21-17-28(18-22-30)14-12-26(6)10-8-24(3)4;1-2/h7,9,12,14-17,19-21,24,26,28,30H,8,10-11,13,18,22H2,1-6H3;1-2H3/b14-12+,25-9+;. The molecule has 0 saturated heterocycles. The van der Waals surface area contributed by atoms with E-state index in [1.807, 2.05) is 13.8 Å². The lowest BCUT2D eigenvalue weighted by Crippen LogP contribution is -2.06. The van der Waals surface area contributed by atoms with Gasteiger partial charge in [-0.2, -0.15) is 0 Å². The Labute approximate surface area is 200 Å². The second-order valence-electron chi connectivity index (χ2n) is 10.1. The predicted octanol–water partition coefficient (Wildman–Crippen LogP) is 10.2. The van der Waals surface area contributed by atoms with Crippen LogP contribution in [-0.4, -0.2) is 0 Å². The van der Waals surface area contributed by atoms with Gasteiger partial charge in [0, 0.05) is 5.92 Å². The molecule has 0 aromatic heterocycles. The minimum absolute atomic E-state index is 0.585. The first kappa shape index (κ1) is 28.2. The summed E-state index contributed by atoms with van der Waals surface area (Å²) in [4.78, 5) is 0. The molecule has 3 unspecified atom stereocenters. The van der Waals surface area contributed by atoms with Crippen LogP contribution in [0, 0.1) is 17.8 Å². The van der Waals surface area contributed by atoms with Gasteiger partial charge in [0.2, 0.25) is 0 Å². The molecule has 2 rings (SSSR count). The van der Waals surface area contributed by atoms with Crippen LogP contribution in [0.25, 0.3) is 0 Å². The van der Waals surface area contributed by atoms with Gasteiger partial charge in [0.15, 0.2) is 0 Å². The van der Waals surface area contributed by atoms with Crippen molar-refractivity contribution in [3.05, 3.63) is 83.0 Å². The van der Waals surface area contributed by atoms with Gasteiger partial charge in [-0.15, -0.1) is 0 Å². The van der Waals surface area contributed by atoms with Crippen molar-refractivity contribution in [3.63, 3.8) is 0 Å². The Hall–Kier alpha value is -1.82. The average Bonchev–Trinajstić information content (AvgIpc) is 2.80. The Bertz CT molecular complexity index is 735. The van der Waals surface area contributed by atoms with E-state index in [9.17, 15) is 0 Å². The molecule has 0 N–H and O–H groups in total. The quantitative estimate of drug-likeness (QED) is 0.254. The third-order valence-corrected chi connectivity index (χ3v) is 6.20. The van der Waals surface area contributed by atoms with Gasteiger partial charge in [-0.25, -0.2) is 0 Å². The fraction of sp³-hybridized carbons (Fsp3) is 0.562. The average molecular weight is 435 g/mol. The fourth-order valence-electron chi connectivity index (χ4n) is 3.97. The van der Waals surface area contributed by atoms with E-state index >= 15 is 0 Å². The van der Waals surface area contributed by atoms with Crippen LogP contribution < -0.4 is 0 Å². The lowest BCUT2D eigenvalue weighted by atomic mass is 9.83. The topological polar surface area (TPSA) is 0 Å². The van der Waals surface area contributed by atoms with E-state index in [0.717, 1.165) is 18.8 Å². The molecule has 0 heteroatoms. The first-order valence-corrected chi connectivity index (χ1v) is 13.1.